The molecule has 15 heavy (non-hydrogen) atoms. The van der Waals surface area contributed by atoms with Crippen LogP contribution in [0.25, 0.3) is 0 Å². The standard InChI is InChI=1S/C13H22O2/c1-4-5-6-10-9-13(2,3)8-7-11(10)12(14)15/h4,10-11H,1,5-9H2,2-3H3,(H,14,15). The van der Waals surface area contributed by atoms with E-state index >= 15 is 0 Å². The number of carboxylic acid groups (broad SMARTS) is 1. The highest BCUT2D eigenvalue weighted by atomic mass is 16.4. The van der Waals surface area contributed by atoms with Gasteiger partial charge >= 0.3 is 5.97 Å². The van der Waals surface area contributed by atoms with Gasteiger partial charge in [-0.25, -0.2) is 0 Å². The fraction of sp³-hybridized carbons (Fsp3) is 0.769. The van der Waals surface area contributed by atoms with E-state index in [0.717, 1.165) is 32.1 Å². The predicted octanol–water partition coefficient (Wildman–Crippen LogP) is 3.48. The average Bonchev–Trinajstić information content (AvgIpc) is 2.12. The minimum Gasteiger partial charge on any atom is -0.481 e. The van der Waals surface area contributed by atoms with Gasteiger partial charge < -0.3 is 5.11 Å². The summed E-state index contributed by atoms with van der Waals surface area (Å²) in [5, 5.41) is 9.15. The molecule has 1 saturated carbocycles. The van der Waals surface area contributed by atoms with Gasteiger partial charge in [-0.1, -0.05) is 19.9 Å². The number of carboxylic acids is 1. The van der Waals surface area contributed by atoms with Crippen molar-refractivity contribution in [1.82, 2.24) is 0 Å². The molecule has 1 aliphatic carbocycles. The molecule has 86 valence electrons. The summed E-state index contributed by atoms with van der Waals surface area (Å²) in [7, 11) is 0. The molecule has 0 aromatic carbocycles. The molecule has 1 rings (SSSR count). The van der Waals surface area contributed by atoms with Crippen molar-refractivity contribution in [1.29, 1.82) is 0 Å². The van der Waals surface area contributed by atoms with Gasteiger partial charge in [0.2, 0.25) is 0 Å². The van der Waals surface area contributed by atoms with Gasteiger partial charge in [0.25, 0.3) is 0 Å². The third-order valence-electron chi connectivity index (χ3n) is 3.57. The molecule has 2 heteroatoms. The van der Waals surface area contributed by atoms with Crippen LogP contribution in [-0.2, 0) is 4.79 Å². The van der Waals surface area contributed by atoms with Gasteiger partial charge in [0.15, 0.2) is 0 Å². The Bertz CT molecular complexity index is 243. The second kappa shape index (κ2) is 4.82. The van der Waals surface area contributed by atoms with Crippen molar-refractivity contribution in [2.24, 2.45) is 17.3 Å². The van der Waals surface area contributed by atoms with Crippen LogP contribution in [0.2, 0.25) is 0 Å². The van der Waals surface area contributed by atoms with Crippen molar-refractivity contribution < 1.29 is 9.90 Å². The van der Waals surface area contributed by atoms with Gasteiger partial charge in [0.05, 0.1) is 5.92 Å². The number of hydrogen-bond acceptors (Lipinski definition) is 1. The van der Waals surface area contributed by atoms with Gasteiger partial charge in [-0.3, -0.25) is 4.79 Å². The summed E-state index contributed by atoms with van der Waals surface area (Å²) in [6.45, 7) is 8.19. The number of allylic oxidation sites excluding steroid dienone is 1. The van der Waals surface area contributed by atoms with Crippen LogP contribution in [0.4, 0.5) is 0 Å². The molecule has 0 spiro atoms. The van der Waals surface area contributed by atoms with Crippen LogP contribution >= 0.6 is 0 Å². The van der Waals surface area contributed by atoms with E-state index in [1.54, 1.807) is 0 Å². The summed E-state index contributed by atoms with van der Waals surface area (Å²) in [5.41, 5.74) is 0.317. The molecule has 0 aromatic heterocycles. The first kappa shape index (κ1) is 12.3. The van der Waals surface area contributed by atoms with Gasteiger partial charge in [-0.05, 0) is 43.4 Å². The van der Waals surface area contributed by atoms with Crippen molar-refractivity contribution in [2.45, 2.75) is 46.0 Å². The van der Waals surface area contributed by atoms with Crippen LogP contribution in [0.15, 0.2) is 12.7 Å². The molecule has 0 aromatic rings. The zero-order valence-corrected chi connectivity index (χ0v) is 9.83. The van der Waals surface area contributed by atoms with E-state index in [1.807, 2.05) is 6.08 Å². The molecule has 0 bridgehead atoms. The number of hydrogen-bond donors (Lipinski definition) is 1. The largest absolute Gasteiger partial charge is 0.481 e. The summed E-state index contributed by atoms with van der Waals surface area (Å²) in [5.74, 6) is -0.401. The van der Waals surface area contributed by atoms with E-state index in [2.05, 4.69) is 20.4 Å². The first-order valence-electron chi connectivity index (χ1n) is 5.80. The zero-order chi connectivity index (χ0) is 11.5. The Morgan fingerprint density at radius 1 is 1.60 bits per heavy atom. The molecular formula is C13H22O2. The van der Waals surface area contributed by atoms with Crippen LogP contribution in [0.1, 0.15) is 46.0 Å². The van der Waals surface area contributed by atoms with E-state index in [1.165, 1.54) is 0 Å². The molecule has 2 nitrogen and oxygen atoms in total. The van der Waals surface area contributed by atoms with Crippen LogP contribution in [0.3, 0.4) is 0 Å². The number of aliphatic carboxylic acids is 1. The Kier molecular flexibility index (Phi) is 3.95. The third-order valence-corrected chi connectivity index (χ3v) is 3.57. The predicted molar refractivity (Wildman–Crippen MR) is 61.7 cm³/mol. The Labute approximate surface area is 92.4 Å². The fourth-order valence-corrected chi connectivity index (χ4v) is 2.70. The zero-order valence-electron chi connectivity index (χ0n) is 9.83. The van der Waals surface area contributed by atoms with Crippen molar-refractivity contribution in [3.8, 4) is 0 Å². The fourth-order valence-electron chi connectivity index (χ4n) is 2.70. The lowest BCUT2D eigenvalue weighted by molar-refractivity contribution is -0.146. The molecule has 0 radical (unpaired) electrons. The molecule has 0 aliphatic heterocycles. The molecule has 0 heterocycles. The molecule has 1 aliphatic rings. The van der Waals surface area contributed by atoms with Crippen molar-refractivity contribution in [2.75, 3.05) is 0 Å². The summed E-state index contributed by atoms with van der Waals surface area (Å²) in [6, 6.07) is 0. The van der Waals surface area contributed by atoms with Crippen molar-refractivity contribution >= 4 is 5.97 Å². The van der Waals surface area contributed by atoms with Gasteiger partial charge in [0, 0.05) is 0 Å². The maximum Gasteiger partial charge on any atom is 0.306 e. The molecular weight excluding hydrogens is 188 g/mol. The molecule has 2 unspecified atom stereocenters. The van der Waals surface area contributed by atoms with Crippen LogP contribution < -0.4 is 0 Å². The molecule has 2 atom stereocenters. The first-order valence-corrected chi connectivity index (χ1v) is 5.80. The van der Waals surface area contributed by atoms with Crippen LogP contribution in [0, 0.1) is 17.3 Å². The van der Waals surface area contributed by atoms with E-state index in [9.17, 15) is 4.79 Å². The van der Waals surface area contributed by atoms with Crippen LogP contribution in [-0.4, -0.2) is 11.1 Å². The summed E-state index contributed by atoms with van der Waals surface area (Å²) in [4.78, 5) is 11.1. The Hall–Kier alpha value is -0.790. The molecule has 0 saturated heterocycles. The molecule has 1 N–H and O–H groups in total. The number of rotatable bonds is 4. The maximum absolute atomic E-state index is 11.1. The third kappa shape index (κ3) is 3.37. The summed E-state index contributed by atoms with van der Waals surface area (Å²) < 4.78 is 0. The second-order valence-electron chi connectivity index (χ2n) is 5.48. The monoisotopic (exact) mass is 210 g/mol. The highest BCUT2D eigenvalue weighted by Crippen LogP contribution is 2.43. The highest BCUT2D eigenvalue weighted by molar-refractivity contribution is 5.70. The lowest BCUT2D eigenvalue weighted by atomic mass is 9.66. The van der Waals surface area contributed by atoms with Crippen molar-refractivity contribution in [3.63, 3.8) is 0 Å². The highest BCUT2D eigenvalue weighted by Gasteiger charge is 2.37. The molecule has 1 fully saturated rings. The van der Waals surface area contributed by atoms with E-state index in [0.29, 0.717) is 11.3 Å². The second-order valence-corrected chi connectivity index (χ2v) is 5.48. The first-order chi connectivity index (χ1) is 6.96. The van der Waals surface area contributed by atoms with E-state index in [4.69, 9.17) is 5.11 Å². The van der Waals surface area contributed by atoms with E-state index < -0.39 is 5.97 Å². The average molecular weight is 210 g/mol. The van der Waals surface area contributed by atoms with Gasteiger partial charge in [0.1, 0.15) is 0 Å². The quantitative estimate of drug-likeness (QED) is 0.721. The lowest BCUT2D eigenvalue weighted by Gasteiger charge is -2.39. The summed E-state index contributed by atoms with van der Waals surface area (Å²) >= 11 is 0. The maximum atomic E-state index is 11.1. The van der Waals surface area contributed by atoms with E-state index in [-0.39, 0.29) is 5.92 Å². The van der Waals surface area contributed by atoms with Gasteiger partial charge in [-0.15, -0.1) is 6.58 Å². The molecule has 0 amide bonds. The van der Waals surface area contributed by atoms with Crippen molar-refractivity contribution in [3.05, 3.63) is 12.7 Å². The Morgan fingerprint density at radius 3 is 2.80 bits per heavy atom. The SMILES string of the molecule is C=CCCC1CC(C)(C)CCC1C(=O)O. The number of carbonyl (C=O) groups is 1. The Balaban J connectivity index is 2.64. The van der Waals surface area contributed by atoms with Crippen LogP contribution in [0.5, 0.6) is 0 Å². The topological polar surface area (TPSA) is 37.3 Å². The minimum absolute atomic E-state index is 0.127. The normalized spacial score (nSPS) is 29.7. The lowest BCUT2D eigenvalue weighted by Crippen LogP contribution is -2.34. The minimum atomic E-state index is -0.612. The Morgan fingerprint density at radius 2 is 2.27 bits per heavy atom. The van der Waals surface area contributed by atoms with Gasteiger partial charge in [-0.2, -0.15) is 0 Å². The smallest absolute Gasteiger partial charge is 0.306 e. The summed E-state index contributed by atoms with van der Waals surface area (Å²) in [6.07, 6.45) is 6.71.